The lowest BCUT2D eigenvalue weighted by Crippen LogP contribution is -2.26. The summed E-state index contributed by atoms with van der Waals surface area (Å²) in [5, 5.41) is 0. The normalized spacial score (nSPS) is 10.6. The molecule has 4 nitrogen and oxygen atoms in total. The summed E-state index contributed by atoms with van der Waals surface area (Å²) in [6.07, 6.45) is 0. The van der Waals surface area contributed by atoms with E-state index < -0.39 is 5.82 Å². The van der Waals surface area contributed by atoms with Crippen molar-refractivity contribution in [3.63, 3.8) is 0 Å². The number of hydrogen-bond acceptors (Lipinski definition) is 3. The number of benzene rings is 1. The zero-order chi connectivity index (χ0) is 14.9. The van der Waals surface area contributed by atoms with Gasteiger partial charge < -0.3 is 5.73 Å². The molecule has 2 N–H and O–H groups in total. The number of thiocarbonyl (C=S) groups is 1. The van der Waals surface area contributed by atoms with Gasteiger partial charge in [-0.25, -0.2) is 9.18 Å². The van der Waals surface area contributed by atoms with Crippen LogP contribution in [0.15, 0.2) is 29.1 Å². The van der Waals surface area contributed by atoms with E-state index in [0.717, 1.165) is 5.69 Å². The van der Waals surface area contributed by atoms with E-state index in [1.165, 1.54) is 16.7 Å². The molecule has 0 aliphatic carbocycles. The van der Waals surface area contributed by atoms with Crippen molar-refractivity contribution in [2.24, 2.45) is 5.73 Å². The standard InChI is InChI=1S/C14H14FN3OS/c1-8-3-9(2)18(14(19)17-8)7-10-4-11(13(16)20)6-12(15)5-10/h3-6H,7H2,1-2H3,(H2,16,20). The summed E-state index contributed by atoms with van der Waals surface area (Å²) in [6.45, 7) is 3.79. The monoisotopic (exact) mass is 291 g/mol. The Morgan fingerprint density at radius 1 is 1.35 bits per heavy atom. The lowest BCUT2D eigenvalue weighted by Gasteiger charge is -2.11. The van der Waals surface area contributed by atoms with Gasteiger partial charge in [0.05, 0.1) is 6.54 Å². The Morgan fingerprint density at radius 2 is 2.05 bits per heavy atom. The van der Waals surface area contributed by atoms with Gasteiger partial charge in [-0.05, 0) is 43.7 Å². The van der Waals surface area contributed by atoms with Crippen LogP contribution in [0.5, 0.6) is 0 Å². The summed E-state index contributed by atoms with van der Waals surface area (Å²) >= 11 is 4.84. The highest BCUT2D eigenvalue weighted by molar-refractivity contribution is 7.80. The minimum Gasteiger partial charge on any atom is -0.389 e. The fraction of sp³-hybridized carbons (Fsp3) is 0.214. The number of nitrogens with two attached hydrogens (primary N) is 1. The number of hydrogen-bond donors (Lipinski definition) is 1. The fourth-order valence-corrected chi connectivity index (χ4v) is 2.15. The minimum atomic E-state index is -0.434. The van der Waals surface area contributed by atoms with Gasteiger partial charge in [0.25, 0.3) is 0 Å². The lowest BCUT2D eigenvalue weighted by atomic mass is 10.1. The number of aromatic nitrogens is 2. The maximum Gasteiger partial charge on any atom is 0.348 e. The van der Waals surface area contributed by atoms with Crippen molar-refractivity contribution >= 4 is 17.2 Å². The van der Waals surface area contributed by atoms with Crippen molar-refractivity contribution in [3.05, 3.63) is 63.1 Å². The first kappa shape index (κ1) is 14.3. The average molecular weight is 291 g/mol. The van der Waals surface area contributed by atoms with E-state index in [4.69, 9.17) is 18.0 Å². The smallest absolute Gasteiger partial charge is 0.348 e. The molecule has 1 heterocycles. The molecular formula is C14H14FN3OS. The Morgan fingerprint density at radius 3 is 2.65 bits per heavy atom. The number of nitrogens with zero attached hydrogens (tertiary/aromatic N) is 2. The maximum atomic E-state index is 13.5. The van der Waals surface area contributed by atoms with Crippen molar-refractivity contribution in [1.82, 2.24) is 9.55 Å². The van der Waals surface area contributed by atoms with Gasteiger partial charge in [-0.2, -0.15) is 4.98 Å². The van der Waals surface area contributed by atoms with Crippen molar-refractivity contribution in [2.75, 3.05) is 0 Å². The highest BCUT2D eigenvalue weighted by Crippen LogP contribution is 2.11. The van der Waals surface area contributed by atoms with Crippen molar-refractivity contribution < 1.29 is 4.39 Å². The van der Waals surface area contributed by atoms with Crippen LogP contribution < -0.4 is 11.4 Å². The van der Waals surface area contributed by atoms with Gasteiger partial charge in [0.15, 0.2) is 0 Å². The fourth-order valence-electron chi connectivity index (χ4n) is 2.03. The van der Waals surface area contributed by atoms with E-state index >= 15 is 0 Å². The molecule has 1 aromatic carbocycles. The van der Waals surface area contributed by atoms with Crippen molar-refractivity contribution in [1.29, 1.82) is 0 Å². The molecule has 0 bridgehead atoms. The third-order valence-electron chi connectivity index (χ3n) is 2.93. The van der Waals surface area contributed by atoms with Gasteiger partial charge in [0, 0.05) is 17.0 Å². The van der Waals surface area contributed by atoms with Gasteiger partial charge in [0.2, 0.25) is 0 Å². The van der Waals surface area contributed by atoms with Crippen molar-refractivity contribution in [2.45, 2.75) is 20.4 Å². The van der Waals surface area contributed by atoms with Crippen LogP contribution in [-0.2, 0) is 6.54 Å². The molecular weight excluding hydrogens is 277 g/mol. The lowest BCUT2D eigenvalue weighted by molar-refractivity contribution is 0.620. The summed E-state index contributed by atoms with van der Waals surface area (Å²) in [7, 11) is 0. The first-order valence-corrected chi connectivity index (χ1v) is 6.42. The molecule has 0 unspecified atom stereocenters. The Hall–Kier alpha value is -2.08. The van der Waals surface area contributed by atoms with Crippen LogP contribution in [0.25, 0.3) is 0 Å². The SMILES string of the molecule is Cc1cc(C)n(Cc2cc(F)cc(C(N)=S)c2)c(=O)n1. The van der Waals surface area contributed by atoms with Crippen LogP contribution >= 0.6 is 12.2 Å². The van der Waals surface area contributed by atoms with Crippen LogP contribution in [0.3, 0.4) is 0 Å². The number of aryl methyl sites for hydroxylation is 2. The molecule has 0 spiro atoms. The summed E-state index contributed by atoms with van der Waals surface area (Å²) in [4.78, 5) is 15.9. The van der Waals surface area contributed by atoms with Gasteiger partial charge >= 0.3 is 5.69 Å². The molecule has 0 radical (unpaired) electrons. The Balaban J connectivity index is 2.45. The zero-order valence-electron chi connectivity index (χ0n) is 11.2. The molecule has 104 valence electrons. The van der Waals surface area contributed by atoms with Crippen LogP contribution in [-0.4, -0.2) is 14.5 Å². The quantitative estimate of drug-likeness (QED) is 0.874. The van der Waals surface area contributed by atoms with Crippen LogP contribution in [0, 0.1) is 19.7 Å². The molecule has 0 aliphatic heterocycles. The summed E-state index contributed by atoms with van der Waals surface area (Å²) in [6, 6.07) is 6.11. The second kappa shape index (κ2) is 5.50. The van der Waals surface area contributed by atoms with Gasteiger partial charge in [0.1, 0.15) is 10.8 Å². The van der Waals surface area contributed by atoms with Crippen LogP contribution in [0.2, 0.25) is 0 Å². The number of rotatable bonds is 3. The minimum absolute atomic E-state index is 0.122. The average Bonchev–Trinajstić information content (AvgIpc) is 2.33. The molecule has 0 amide bonds. The van der Waals surface area contributed by atoms with Crippen LogP contribution in [0.1, 0.15) is 22.5 Å². The summed E-state index contributed by atoms with van der Waals surface area (Å²) in [5.74, 6) is -0.434. The van der Waals surface area contributed by atoms with Gasteiger partial charge in [-0.1, -0.05) is 12.2 Å². The molecule has 0 fully saturated rings. The zero-order valence-corrected chi connectivity index (χ0v) is 12.0. The Kier molecular flexibility index (Phi) is 3.94. The van der Waals surface area contributed by atoms with E-state index in [-0.39, 0.29) is 17.2 Å². The first-order valence-electron chi connectivity index (χ1n) is 6.01. The molecule has 0 atom stereocenters. The second-order valence-electron chi connectivity index (χ2n) is 4.62. The van der Waals surface area contributed by atoms with Gasteiger partial charge in [-0.3, -0.25) is 4.57 Å². The molecule has 2 aromatic rings. The maximum absolute atomic E-state index is 13.5. The van der Waals surface area contributed by atoms with E-state index in [1.54, 1.807) is 19.1 Å². The summed E-state index contributed by atoms with van der Waals surface area (Å²) < 4.78 is 15.0. The van der Waals surface area contributed by atoms with E-state index in [0.29, 0.717) is 16.8 Å². The molecule has 0 aliphatic rings. The second-order valence-corrected chi connectivity index (χ2v) is 5.06. The van der Waals surface area contributed by atoms with Gasteiger partial charge in [-0.15, -0.1) is 0 Å². The topological polar surface area (TPSA) is 60.9 Å². The largest absolute Gasteiger partial charge is 0.389 e. The Bertz CT molecular complexity index is 740. The third-order valence-corrected chi connectivity index (χ3v) is 3.16. The molecule has 0 saturated carbocycles. The molecule has 6 heteroatoms. The molecule has 20 heavy (non-hydrogen) atoms. The van der Waals surface area contributed by atoms with Crippen molar-refractivity contribution in [3.8, 4) is 0 Å². The molecule has 1 aromatic heterocycles. The molecule has 2 rings (SSSR count). The van der Waals surface area contributed by atoms with E-state index in [2.05, 4.69) is 4.98 Å². The third kappa shape index (κ3) is 3.08. The Labute approximate surface area is 121 Å². The van der Waals surface area contributed by atoms with E-state index in [9.17, 15) is 9.18 Å². The number of halogens is 1. The van der Waals surface area contributed by atoms with E-state index in [1.807, 2.05) is 6.92 Å². The highest BCUT2D eigenvalue weighted by atomic mass is 32.1. The highest BCUT2D eigenvalue weighted by Gasteiger charge is 2.07. The molecule has 0 saturated heterocycles. The van der Waals surface area contributed by atoms with Crippen LogP contribution in [0.4, 0.5) is 4.39 Å². The summed E-state index contributed by atoms with van der Waals surface area (Å²) in [5.41, 5.74) is 7.64. The predicted octanol–water partition coefficient (Wildman–Crippen LogP) is 1.68. The first-order chi connectivity index (χ1) is 9.36. The predicted molar refractivity (Wildman–Crippen MR) is 79.4 cm³/mol.